The van der Waals surface area contributed by atoms with Crippen LogP contribution in [0.2, 0.25) is 0 Å². The number of amides is 1. The van der Waals surface area contributed by atoms with Crippen molar-refractivity contribution < 1.29 is 9.53 Å². The highest BCUT2D eigenvalue weighted by molar-refractivity contribution is 9.18. The summed E-state index contributed by atoms with van der Waals surface area (Å²) in [6.07, 6.45) is 1.34. The Morgan fingerprint density at radius 3 is 2.66 bits per heavy atom. The topological polar surface area (TPSA) is 126 Å². The van der Waals surface area contributed by atoms with Crippen LogP contribution >= 0.6 is 27.3 Å². The largest absolute Gasteiger partial charge is 0.497 e. The first kappa shape index (κ1) is 21.7. The number of ether oxygens (including phenoxy) is 1. The molecule has 2 aromatic heterocycles. The first-order chi connectivity index (χ1) is 15.5. The zero-order chi connectivity index (χ0) is 22.7. The molecule has 2 heterocycles. The molecule has 162 valence electrons. The molecule has 0 radical (unpaired) electrons. The fourth-order valence-corrected chi connectivity index (χ4v) is 4.53. The van der Waals surface area contributed by atoms with Gasteiger partial charge in [-0.1, -0.05) is 18.2 Å². The molecule has 0 aliphatic carbocycles. The van der Waals surface area contributed by atoms with E-state index in [0.717, 1.165) is 11.3 Å². The van der Waals surface area contributed by atoms with E-state index in [1.54, 1.807) is 18.6 Å². The van der Waals surface area contributed by atoms with Crippen LogP contribution in [0.25, 0.3) is 10.2 Å². The Labute approximate surface area is 196 Å². The number of carbonyl (C=O) groups is 1. The van der Waals surface area contributed by atoms with Crippen LogP contribution in [0.15, 0.2) is 54.2 Å². The van der Waals surface area contributed by atoms with Gasteiger partial charge in [-0.25, -0.2) is 9.97 Å². The summed E-state index contributed by atoms with van der Waals surface area (Å²) in [5.41, 5.74) is 9.59. The number of fused-ring (bicyclic) bond motifs is 1. The maximum Gasteiger partial charge on any atom is 0.258 e. The number of halogens is 1. The molecule has 4 rings (SSSR count). The van der Waals surface area contributed by atoms with Crippen molar-refractivity contribution in [3.05, 3.63) is 70.9 Å². The molecule has 0 fully saturated rings. The molecule has 0 unspecified atom stereocenters. The van der Waals surface area contributed by atoms with Crippen LogP contribution in [0, 0.1) is 5.41 Å². The molecular formula is C22H19BrN6O2S. The Bertz CT molecular complexity index is 1310. The van der Waals surface area contributed by atoms with Crippen molar-refractivity contribution in [2.24, 2.45) is 0 Å². The Balaban J connectivity index is 1.59. The van der Waals surface area contributed by atoms with Crippen molar-refractivity contribution in [2.45, 2.75) is 6.54 Å². The first-order valence-corrected chi connectivity index (χ1v) is 11.2. The van der Waals surface area contributed by atoms with Crippen LogP contribution in [-0.2, 0) is 6.54 Å². The number of rotatable bonds is 7. The maximum atomic E-state index is 13.0. The SMILES string of the molecule is COc1ccc(CNc2cccc(NC(=O)c3csc4c(N)ncnc34)c2C(=N)Br)cc1. The van der Waals surface area contributed by atoms with E-state index in [9.17, 15) is 4.79 Å². The van der Waals surface area contributed by atoms with Gasteiger partial charge in [0.25, 0.3) is 5.91 Å². The fourth-order valence-electron chi connectivity index (χ4n) is 3.20. The number of hydrogen-bond acceptors (Lipinski definition) is 8. The number of thiophene rings is 1. The predicted molar refractivity (Wildman–Crippen MR) is 132 cm³/mol. The summed E-state index contributed by atoms with van der Waals surface area (Å²) in [7, 11) is 1.63. The van der Waals surface area contributed by atoms with Crippen LogP contribution in [0.1, 0.15) is 21.5 Å². The zero-order valence-electron chi connectivity index (χ0n) is 17.0. The van der Waals surface area contributed by atoms with Gasteiger partial charge in [0.15, 0.2) is 0 Å². The lowest BCUT2D eigenvalue weighted by Crippen LogP contribution is -2.15. The third-order valence-electron chi connectivity index (χ3n) is 4.80. The van der Waals surface area contributed by atoms with Gasteiger partial charge in [-0.15, -0.1) is 11.3 Å². The summed E-state index contributed by atoms with van der Waals surface area (Å²) >= 11 is 4.58. The van der Waals surface area contributed by atoms with Crippen molar-refractivity contribution >= 4 is 65.2 Å². The summed E-state index contributed by atoms with van der Waals surface area (Å²) in [6, 6.07) is 13.1. The number of carbonyl (C=O) groups excluding carboxylic acids is 1. The van der Waals surface area contributed by atoms with Crippen LogP contribution in [0.5, 0.6) is 5.75 Å². The third-order valence-corrected chi connectivity index (χ3v) is 6.19. The fraction of sp³-hybridized carbons (Fsp3) is 0.0909. The highest BCUT2D eigenvalue weighted by Crippen LogP contribution is 2.31. The van der Waals surface area contributed by atoms with Crippen LogP contribution in [0.4, 0.5) is 17.2 Å². The van der Waals surface area contributed by atoms with Crippen molar-refractivity contribution in [1.82, 2.24) is 9.97 Å². The number of methoxy groups -OCH3 is 1. The smallest absolute Gasteiger partial charge is 0.258 e. The number of nitrogens with one attached hydrogen (secondary N) is 3. The molecule has 0 aliphatic rings. The molecule has 0 atom stereocenters. The van der Waals surface area contributed by atoms with E-state index in [2.05, 4.69) is 36.5 Å². The number of nitrogens with zero attached hydrogens (tertiary/aromatic N) is 2. The molecule has 5 N–H and O–H groups in total. The Morgan fingerprint density at radius 1 is 1.19 bits per heavy atom. The molecule has 8 nitrogen and oxygen atoms in total. The van der Waals surface area contributed by atoms with Gasteiger partial charge in [-0.2, -0.15) is 0 Å². The van der Waals surface area contributed by atoms with E-state index in [4.69, 9.17) is 15.9 Å². The van der Waals surface area contributed by atoms with Gasteiger partial charge in [0, 0.05) is 17.6 Å². The summed E-state index contributed by atoms with van der Waals surface area (Å²) < 4.78 is 6.00. The maximum absolute atomic E-state index is 13.0. The number of nitrogens with two attached hydrogens (primary N) is 1. The summed E-state index contributed by atoms with van der Waals surface area (Å²) in [5.74, 6) is 0.790. The van der Waals surface area contributed by atoms with Crippen LogP contribution in [0.3, 0.4) is 0 Å². The van der Waals surface area contributed by atoms with Gasteiger partial charge >= 0.3 is 0 Å². The number of hydrogen-bond donors (Lipinski definition) is 4. The summed E-state index contributed by atoms with van der Waals surface area (Å²) in [5, 5.41) is 16.1. The number of nitrogen functional groups attached to an aromatic ring is 1. The zero-order valence-corrected chi connectivity index (χ0v) is 19.4. The minimum absolute atomic E-state index is 0.146. The molecule has 0 aliphatic heterocycles. The van der Waals surface area contributed by atoms with Gasteiger partial charge < -0.3 is 21.1 Å². The Hall–Kier alpha value is -3.50. The van der Waals surface area contributed by atoms with E-state index < -0.39 is 0 Å². The summed E-state index contributed by atoms with van der Waals surface area (Å²) in [4.78, 5) is 21.2. The average molecular weight is 511 g/mol. The molecule has 0 saturated heterocycles. The first-order valence-electron chi connectivity index (χ1n) is 9.51. The average Bonchev–Trinajstić information content (AvgIpc) is 3.23. The highest BCUT2D eigenvalue weighted by atomic mass is 79.9. The highest BCUT2D eigenvalue weighted by Gasteiger charge is 2.19. The third kappa shape index (κ3) is 4.41. The molecular weight excluding hydrogens is 492 g/mol. The second-order valence-electron chi connectivity index (χ2n) is 6.78. The van der Waals surface area contributed by atoms with E-state index in [1.807, 2.05) is 36.4 Å². The molecule has 2 aromatic carbocycles. The molecule has 10 heteroatoms. The van der Waals surface area contributed by atoms with E-state index in [-0.39, 0.29) is 10.5 Å². The van der Waals surface area contributed by atoms with E-state index >= 15 is 0 Å². The van der Waals surface area contributed by atoms with Gasteiger partial charge in [0.05, 0.1) is 34.1 Å². The molecule has 0 saturated carbocycles. The van der Waals surface area contributed by atoms with Gasteiger partial charge in [-0.05, 0) is 45.8 Å². The van der Waals surface area contributed by atoms with Gasteiger partial charge in [0.2, 0.25) is 0 Å². The van der Waals surface area contributed by atoms with Crippen molar-refractivity contribution in [3.8, 4) is 5.75 Å². The predicted octanol–water partition coefficient (Wildman–Crippen LogP) is 4.87. The second kappa shape index (κ2) is 9.33. The monoisotopic (exact) mass is 510 g/mol. The van der Waals surface area contributed by atoms with Gasteiger partial charge in [0.1, 0.15) is 22.5 Å². The molecule has 1 amide bonds. The number of anilines is 3. The van der Waals surface area contributed by atoms with E-state index in [0.29, 0.717) is 45.1 Å². The normalized spacial score (nSPS) is 10.7. The number of benzene rings is 2. The van der Waals surface area contributed by atoms with Crippen molar-refractivity contribution in [2.75, 3.05) is 23.5 Å². The van der Waals surface area contributed by atoms with Gasteiger partial charge in [-0.3, -0.25) is 10.2 Å². The lowest BCUT2D eigenvalue weighted by atomic mass is 10.1. The summed E-state index contributed by atoms with van der Waals surface area (Å²) in [6.45, 7) is 0.542. The molecule has 32 heavy (non-hydrogen) atoms. The van der Waals surface area contributed by atoms with Crippen LogP contribution < -0.4 is 21.1 Å². The van der Waals surface area contributed by atoms with Crippen molar-refractivity contribution in [3.63, 3.8) is 0 Å². The lowest BCUT2D eigenvalue weighted by Gasteiger charge is -2.16. The van der Waals surface area contributed by atoms with Crippen molar-refractivity contribution in [1.29, 1.82) is 5.41 Å². The Kier molecular flexibility index (Phi) is 6.33. The molecule has 4 aromatic rings. The van der Waals surface area contributed by atoms with E-state index in [1.165, 1.54) is 17.7 Å². The standard InChI is InChI=1S/C22H19BrN6O2S/c1-31-13-7-5-12(6-8-13)9-26-15-3-2-4-16(17(15)20(23)24)29-22(30)14-10-32-19-18(14)27-11-28-21(19)25/h2-8,10-11,24,26H,9H2,1H3,(H,29,30)(H2,25,27,28). The Morgan fingerprint density at radius 2 is 1.94 bits per heavy atom. The number of aromatic nitrogens is 2. The molecule has 0 bridgehead atoms. The minimum Gasteiger partial charge on any atom is -0.497 e. The lowest BCUT2D eigenvalue weighted by molar-refractivity contribution is 0.102. The second-order valence-corrected chi connectivity index (χ2v) is 8.46. The quantitative estimate of drug-likeness (QED) is 0.263. The molecule has 0 spiro atoms. The minimum atomic E-state index is -0.336. The van der Waals surface area contributed by atoms with Crippen LogP contribution in [-0.4, -0.2) is 27.6 Å².